The van der Waals surface area contributed by atoms with E-state index in [4.69, 9.17) is 9.47 Å². The molecule has 0 unspecified atom stereocenters. The molecule has 3 aromatic rings. The minimum Gasteiger partial charge on any atom is -0.454 e. The quantitative estimate of drug-likeness (QED) is 0.736. The number of hydrogen-bond acceptors (Lipinski definition) is 5. The maximum Gasteiger partial charge on any atom is 0.240 e. The van der Waals surface area contributed by atoms with Crippen LogP contribution in [0.15, 0.2) is 47.4 Å². The van der Waals surface area contributed by atoms with Crippen molar-refractivity contribution in [2.45, 2.75) is 11.3 Å². The van der Waals surface area contributed by atoms with E-state index >= 15 is 0 Å². The molecular weight excluding hydrogens is 330 g/mol. The number of aromatic amines is 1. The monoisotopic (exact) mass is 345 g/mol. The summed E-state index contributed by atoms with van der Waals surface area (Å²) in [6, 6.07) is 12.2. The van der Waals surface area contributed by atoms with Gasteiger partial charge in [0.2, 0.25) is 16.8 Å². The fourth-order valence-corrected chi connectivity index (χ4v) is 3.60. The smallest absolute Gasteiger partial charge is 0.240 e. The van der Waals surface area contributed by atoms with Crippen molar-refractivity contribution in [3.8, 4) is 11.5 Å². The number of nitrogens with zero attached hydrogens (tertiary/aromatic N) is 1. The molecule has 0 radical (unpaired) electrons. The average molecular weight is 345 g/mol. The second kappa shape index (κ2) is 5.81. The number of rotatable bonds is 5. The van der Waals surface area contributed by atoms with Gasteiger partial charge in [0.25, 0.3) is 0 Å². The number of aromatic nitrogens is 2. The number of sulfonamides is 1. The molecule has 0 aliphatic carbocycles. The van der Waals surface area contributed by atoms with E-state index in [1.165, 1.54) is 12.1 Å². The van der Waals surface area contributed by atoms with Crippen LogP contribution >= 0.6 is 0 Å². The molecule has 8 heteroatoms. The first-order chi connectivity index (χ1) is 11.6. The fraction of sp³-hybridized carbons (Fsp3) is 0.188. The molecule has 2 heterocycles. The first-order valence-corrected chi connectivity index (χ1v) is 8.93. The Morgan fingerprint density at radius 1 is 1.12 bits per heavy atom. The molecule has 1 aromatic heterocycles. The van der Waals surface area contributed by atoms with Crippen LogP contribution in [0.1, 0.15) is 5.82 Å². The molecule has 124 valence electrons. The highest BCUT2D eigenvalue weighted by atomic mass is 32.2. The Balaban J connectivity index is 1.44. The van der Waals surface area contributed by atoms with Crippen LogP contribution in [-0.2, 0) is 16.4 Å². The van der Waals surface area contributed by atoms with Gasteiger partial charge in [0.05, 0.1) is 15.9 Å². The highest BCUT2D eigenvalue weighted by Gasteiger charge is 2.20. The van der Waals surface area contributed by atoms with Crippen molar-refractivity contribution in [3.05, 3.63) is 48.3 Å². The van der Waals surface area contributed by atoms with E-state index in [-0.39, 0.29) is 18.2 Å². The van der Waals surface area contributed by atoms with Gasteiger partial charge in [0.1, 0.15) is 5.82 Å². The summed E-state index contributed by atoms with van der Waals surface area (Å²) < 4.78 is 37.7. The summed E-state index contributed by atoms with van der Waals surface area (Å²) in [4.78, 5) is 7.75. The molecule has 0 fully saturated rings. The number of H-pyrrole nitrogens is 1. The number of imidazole rings is 1. The van der Waals surface area contributed by atoms with Crippen molar-refractivity contribution < 1.29 is 17.9 Å². The minimum absolute atomic E-state index is 0.109. The molecule has 2 N–H and O–H groups in total. The Bertz CT molecular complexity index is 964. The van der Waals surface area contributed by atoms with Crippen molar-refractivity contribution in [3.63, 3.8) is 0 Å². The summed E-state index contributed by atoms with van der Waals surface area (Å²) in [6.45, 7) is 0.356. The zero-order chi connectivity index (χ0) is 16.6. The first kappa shape index (κ1) is 15.0. The van der Waals surface area contributed by atoms with E-state index in [0.717, 1.165) is 16.9 Å². The third kappa shape index (κ3) is 2.81. The largest absolute Gasteiger partial charge is 0.454 e. The van der Waals surface area contributed by atoms with Crippen LogP contribution in [0.5, 0.6) is 11.5 Å². The molecule has 2 aromatic carbocycles. The van der Waals surface area contributed by atoms with Crippen molar-refractivity contribution >= 4 is 21.1 Å². The Kier molecular flexibility index (Phi) is 3.62. The van der Waals surface area contributed by atoms with Crippen LogP contribution < -0.4 is 14.2 Å². The second-order valence-electron chi connectivity index (χ2n) is 5.36. The highest BCUT2D eigenvalue weighted by Crippen LogP contribution is 2.33. The lowest BCUT2D eigenvalue weighted by Crippen LogP contribution is -2.26. The molecule has 1 aliphatic rings. The number of benzene rings is 2. The van der Waals surface area contributed by atoms with Gasteiger partial charge in [-0.15, -0.1) is 0 Å². The van der Waals surface area contributed by atoms with Crippen LogP contribution in [0.4, 0.5) is 0 Å². The predicted octanol–water partition coefficient (Wildman–Crippen LogP) is 1.81. The average Bonchev–Trinajstić information content (AvgIpc) is 3.19. The van der Waals surface area contributed by atoms with Crippen molar-refractivity contribution in [2.75, 3.05) is 13.3 Å². The van der Waals surface area contributed by atoms with Gasteiger partial charge < -0.3 is 14.5 Å². The van der Waals surface area contributed by atoms with Crippen LogP contribution in [0, 0.1) is 0 Å². The molecule has 24 heavy (non-hydrogen) atoms. The van der Waals surface area contributed by atoms with Crippen LogP contribution in [0.3, 0.4) is 0 Å². The van der Waals surface area contributed by atoms with Gasteiger partial charge in [-0.1, -0.05) is 12.1 Å². The zero-order valence-electron chi connectivity index (χ0n) is 12.7. The SMILES string of the molecule is O=S(=O)(NCCc1nc2ccccc2[nH]1)c1ccc2c(c1)OCO2. The van der Waals surface area contributed by atoms with Gasteiger partial charge in [0, 0.05) is 19.0 Å². The predicted molar refractivity (Wildman–Crippen MR) is 87.6 cm³/mol. The fourth-order valence-electron chi connectivity index (χ4n) is 2.56. The van der Waals surface area contributed by atoms with Gasteiger partial charge in [-0.2, -0.15) is 0 Å². The van der Waals surface area contributed by atoms with Crippen LogP contribution in [0.2, 0.25) is 0 Å². The zero-order valence-corrected chi connectivity index (χ0v) is 13.5. The summed E-state index contributed by atoms with van der Waals surface area (Å²) in [7, 11) is -3.61. The molecule has 0 saturated carbocycles. The summed E-state index contributed by atoms with van der Waals surface area (Å²) >= 11 is 0. The van der Waals surface area contributed by atoms with Gasteiger partial charge >= 0.3 is 0 Å². The Morgan fingerprint density at radius 2 is 1.96 bits per heavy atom. The second-order valence-corrected chi connectivity index (χ2v) is 7.13. The lowest BCUT2D eigenvalue weighted by molar-refractivity contribution is 0.174. The van der Waals surface area contributed by atoms with Crippen LogP contribution in [0.25, 0.3) is 11.0 Å². The highest BCUT2D eigenvalue weighted by molar-refractivity contribution is 7.89. The van der Waals surface area contributed by atoms with Gasteiger partial charge in [-0.05, 0) is 24.3 Å². The molecule has 7 nitrogen and oxygen atoms in total. The molecule has 4 rings (SSSR count). The van der Waals surface area contributed by atoms with Gasteiger partial charge in [0.15, 0.2) is 11.5 Å². The van der Waals surface area contributed by atoms with Gasteiger partial charge in [-0.3, -0.25) is 0 Å². The molecule has 0 spiro atoms. The molecule has 0 saturated heterocycles. The van der Waals surface area contributed by atoms with Crippen molar-refractivity contribution in [1.29, 1.82) is 0 Å². The van der Waals surface area contributed by atoms with E-state index in [1.807, 2.05) is 24.3 Å². The Labute approximate surface area is 138 Å². The number of ether oxygens (including phenoxy) is 2. The first-order valence-electron chi connectivity index (χ1n) is 7.45. The third-order valence-electron chi connectivity index (χ3n) is 3.75. The normalized spacial score (nSPS) is 13.5. The van der Waals surface area contributed by atoms with E-state index in [1.54, 1.807) is 6.07 Å². The number of hydrogen-bond donors (Lipinski definition) is 2. The van der Waals surface area contributed by atoms with E-state index in [9.17, 15) is 8.42 Å². The van der Waals surface area contributed by atoms with E-state index in [2.05, 4.69) is 14.7 Å². The van der Waals surface area contributed by atoms with E-state index < -0.39 is 10.0 Å². The Hall–Kier alpha value is -2.58. The number of fused-ring (bicyclic) bond motifs is 2. The molecule has 0 atom stereocenters. The molecule has 1 aliphatic heterocycles. The standard InChI is InChI=1S/C16H15N3O4S/c20-24(21,11-5-6-14-15(9-11)23-10-22-14)17-8-7-16-18-12-3-1-2-4-13(12)19-16/h1-6,9,17H,7-8,10H2,(H,18,19). The summed E-state index contributed by atoms with van der Waals surface area (Å²) in [5, 5.41) is 0. The maximum absolute atomic E-state index is 12.4. The molecule has 0 bridgehead atoms. The lowest BCUT2D eigenvalue weighted by Gasteiger charge is -2.06. The third-order valence-corrected chi connectivity index (χ3v) is 5.21. The number of para-hydroxylation sites is 2. The minimum atomic E-state index is -3.61. The Morgan fingerprint density at radius 3 is 2.83 bits per heavy atom. The number of nitrogens with one attached hydrogen (secondary N) is 2. The summed E-state index contributed by atoms with van der Waals surface area (Å²) in [6.07, 6.45) is 0.471. The summed E-state index contributed by atoms with van der Waals surface area (Å²) in [5.74, 6) is 1.73. The van der Waals surface area contributed by atoms with E-state index in [0.29, 0.717) is 17.9 Å². The van der Waals surface area contributed by atoms with Crippen molar-refractivity contribution in [2.24, 2.45) is 0 Å². The maximum atomic E-state index is 12.4. The van der Waals surface area contributed by atoms with Crippen LogP contribution in [-0.4, -0.2) is 31.7 Å². The molecule has 0 amide bonds. The van der Waals surface area contributed by atoms with Crippen molar-refractivity contribution in [1.82, 2.24) is 14.7 Å². The topological polar surface area (TPSA) is 93.3 Å². The summed E-state index contributed by atoms with van der Waals surface area (Å²) in [5.41, 5.74) is 1.80. The van der Waals surface area contributed by atoms with Gasteiger partial charge in [-0.25, -0.2) is 18.1 Å². The molecular formula is C16H15N3O4S. The lowest BCUT2D eigenvalue weighted by atomic mass is 10.3.